The van der Waals surface area contributed by atoms with Crippen LogP contribution in [0.25, 0.3) is 0 Å². The van der Waals surface area contributed by atoms with Gasteiger partial charge in [-0.25, -0.2) is 4.79 Å². The van der Waals surface area contributed by atoms with Crippen molar-refractivity contribution in [3.05, 3.63) is 52.7 Å². The highest BCUT2D eigenvalue weighted by Crippen LogP contribution is 2.14. The molecule has 5 nitrogen and oxygen atoms in total. The lowest BCUT2D eigenvalue weighted by Gasteiger charge is -2.26. The van der Waals surface area contributed by atoms with Crippen LogP contribution in [0.2, 0.25) is 0 Å². The van der Waals surface area contributed by atoms with Gasteiger partial charge in [0.05, 0.1) is 26.3 Å². The lowest BCUT2D eigenvalue weighted by atomic mass is 10.3. The van der Waals surface area contributed by atoms with Gasteiger partial charge in [-0.05, 0) is 23.6 Å². The first-order valence-electron chi connectivity index (χ1n) is 8.86. The van der Waals surface area contributed by atoms with E-state index in [1.807, 2.05) is 41.3 Å². The second kappa shape index (κ2) is 9.56. The number of carbonyl (C=O) groups is 1. The molecule has 1 aromatic heterocycles. The molecule has 0 saturated carbocycles. The van der Waals surface area contributed by atoms with Gasteiger partial charge in [-0.1, -0.05) is 24.3 Å². The first-order chi connectivity index (χ1) is 12.3. The van der Waals surface area contributed by atoms with Crippen LogP contribution in [0.3, 0.4) is 0 Å². The highest BCUT2D eigenvalue weighted by molar-refractivity contribution is 7.09. The van der Waals surface area contributed by atoms with Crippen LogP contribution in [0.15, 0.2) is 47.8 Å². The van der Waals surface area contributed by atoms with E-state index in [0.29, 0.717) is 6.54 Å². The van der Waals surface area contributed by atoms with Gasteiger partial charge < -0.3 is 19.9 Å². The van der Waals surface area contributed by atoms with E-state index in [1.54, 1.807) is 16.2 Å². The van der Waals surface area contributed by atoms with E-state index < -0.39 is 0 Å². The van der Waals surface area contributed by atoms with Crippen LogP contribution < -0.4 is 10.2 Å². The van der Waals surface area contributed by atoms with Gasteiger partial charge in [0.2, 0.25) is 0 Å². The fourth-order valence-corrected chi connectivity index (χ4v) is 3.72. The quantitative estimate of drug-likeness (QED) is 0.794. The van der Waals surface area contributed by atoms with Crippen LogP contribution >= 0.6 is 11.3 Å². The van der Waals surface area contributed by atoms with Gasteiger partial charge in [0.25, 0.3) is 0 Å². The number of amides is 2. The Balaban J connectivity index is 1.55. The summed E-state index contributed by atoms with van der Waals surface area (Å²) in [6.07, 6.45) is 1.00. The molecule has 2 N–H and O–H groups in total. The van der Waals surface area contributed by atoms with Gasteiger partial charge in [0.1, 0.15) is 13.1 Å². The molecule has 134 valence electrons. The zero-order valence-electron chi connectivity index (χ0n) is 14.4. The number of rotatable bonds is 7. The molecule has 6 heteroatoms. The fourth-order valence-electron chi connectivity index (χ4n) is 3.00. The standard InChI is InChI=1S/C19H25N3O2S/c23-19(20-17-6-2-1-3-7-17)22(16-18-8-4-15-25-18)10-5-9-21-11-13-24-14-12-21/h1-4,6-8,15H,5,9-14,16H2,(H,20,23)/p+1. The Bertz CT molecular complexity index is 627. The zero-order valence-corrected chi connectivity index (χ0v) is 15.3. The van der Waals surface area contributed by atoms with Crippen molar-refractivity contribution in [3.63, 3.8) is 0 Å². The summed E-state index contributed by atoms with van der Waals surface area (Å²) in [6, 6.07) is 13.7. The Hall–Kier alpha value is -1.89. The van der Waals surface area contributed by atoms with Gasteiger partial charge in [0, 0.05) is 23.5 Å². The number of urea groups is 1. The maximum atomic E-state index is 12.7. The van der Waals surface area contributed by atoms with Crippen molar-refractivity contribution in [3.8, 4) is 0 Å². The summed E-state index contributed by atoms with van der Waals surface area (Å²) in [5.74, 6) is 0. The smallest absolute Gasteiger partial charge is 0.322 e. The number of morpholine rings is 1. The number of hydrogen-bond donors (Lipinski definition) is 2. The molecule has 2 aromatic rings. The number of carbonyl (C=O) groups excluding carboxylic acids is 1. The second-order valence-electron chi connectivity index (χ2n) is 6.26. The predicted molar refractivity (Wildman–Crippen MR) is 101 cm³/mol. The molecule has 25 heavy (non-hydrogen) atoms. The molecule has 1 aliphatic rings. The van der Waals surface area contributed by atoms with Crippen LogP contribution in [0.5, 0.6) is 0 Å². The molecule has 3 rings (SSSR count). The van der Waals surface area contributed by atoms with Crippen LogP contribution in [-0.2, 0) is 11.3 Å². The maximum absolute atomic E-state index is 12.7. The molecule has 1 aromatic carbocycles. The van der Waals surface area contributed by atoms with Crippen molar-refractivity contribution in [2.45, 2.75) is 13.0 Å². The Labute approximate surface area is 153 Å². The summed E-state index contributed by atoms with van der Waals surface area (Å²) in [6.45, 7) is 6.35. The molecule has 0 bridgehead atoms. The normalized spacial score (nSPS) is 15.0. The number of quaternary nitrogens is 1. The third-order valence-corrected chi connectivity index (χ3v) is 5.26. The number of hydrogen-bond acceptors (Lipinski definition) is 3. The summed E-state index contributed by atoms with van der Waals surface area (Å²) >= 11 is 1.69. The molecule has 1 fully saturated rings. The van der Waals surface area contributed by atoms with Crippen molar-refractivity contribution >= 4 is 23.1 Å². The molecular formula is C19H26N3O2S+. The minimum atomic E-state index is -0.0309. The van der Waals surface area contributed by atoms with Gasteiger partial charge in [0.15, 0.2) is 0 Å². The number of ether oxygens (including phenoxy) is 1. The molecular weight excluding hydrogens is 334 g/mol. The molecule has 1 aliphatic heterocycles. The van der Waals surface area contributed by atoms with Crippen molar-refractivity contribution in [2.75, 3.05) is 44.7 Å². The van der Waals surface area contributed by atoms with Crippen LogP contribution in [-0.4, -0.2) is 50.3 Å². The molecule has 2 heterocycles. The van der Waals surface area contributed by atoms with Crippen molar-refractivity contribution in [1.29, 1.82) is 0 Å². The molecule has 0 unspecified atom stereocenters. The van der Waals surface area contributed by atoms with Crippen LogP contribution in [0.4, 0.5) is 10.5 Å². The van der Waals surface area contributed by atoms with Crippen LogP contribution in [0.1, 0.15) is 11.3 Å². The Kier molecular flexibility index (Phi) is 6.85. The number of benzene rings is 1. The van der Waals surface area contributed by atoms with E-state index in [4.69, 9.17) is 4.74 Å². The van der Waals surface area contributed by atoms with Crippen LogP contribution in [0, 0.1) is 0 Å². The molecule has 0 radical (unpaired) electrons. The van der Waals surface area contributed by atoms with E-state index in [2.05, 4.69) is 16.8 Å². The number of thiophene rings is 1. The average Bonchev–Trinajstić information content (AvgIpc) is 3.16. The molecule has 1 saturated heterocycles. The highest BCUT2D eigenvalue weighted by atomic mass is 32.1. The van der Waals surface area contributed by atoms with E-state index in [9.17, 15) is 4.79 Å². The summed E-state index contributed by atoms with van der Waals surface area (Å²) in [4.78, 5) is 17.4. The molecule has 0 atom stereocenters. The molecule has 2 amide bonds. The first-order valence-corrected chi connectivity index (χ1v) is 9.74. The van der Waals surface area contributed by atoms with E-state index >= 15 is 0 Å². The summed E-state index contributed by atoms with van der Waals surface area (Å²) in [5, 5.41) is 5.06. The van der Waals surface area contributed by atoms with Gasteiger partial charge in [-0.2, -0.15) is 0 Å². The zero-order chi connectivity index (χ0) is 17.3. The molecule has 0 spiro atoms. The van der Waals surface area contributed by atoms with E-state index in [1.165, 1.54) is 4.88 Å². The maximum Gasteiger partial charge on any atom is 0.322 e. The molecule has 0 aliphatic carbocycles. The monoisotopic (exact) mass is 360 g/mol. The van der Waals surface area contributed by atoms with Crippen molar-refractivity contribution in [2.24, 2.45) is 0 Å². The average molecular weight is 361 g/mol. The largest absolute Gasteiger partial charge is 0.370 e. The topological polar surface area (TPSA) is 46.0 Å². The summed E-state index contributed by atoms with van der Waals surface area (Å²) < 4.78 is 5.41. The Morgan fingerprint density at radius 3 is 2.68 bits per heavy atom. The van der Waals surface area contributed by atoms with E-state index in [-0.39, 0.29) is 6.03 Å². The predicted octanol–water partition coefficient (Wildman–Crippen LogP) is 2.09. The summed E-state index contributed by atoms with van der Waals surface area (Å²) in [5.41, 5.74) is 0.836. The second-order valence-corrected chi connectivity index (χ2v) is 7.30. The fraction of sp³-hybridized carbons (Fsp3) is 0.421. The third-order valence-electron chi connectivity index (χ3n) is 4.40. The SMILES string of the molecule is O=C(Nc1ccccc1)N(CCC[NH+]1CCOCC1)Cc1cccs1. The third kappa shape index (κ3) is 5.85. The number of para-hydroxylation sites is 1. The number of nitrogens with one attached hydrogen (secondary N) is 2. The highest BCUT2D eigenvalue weighted by Gasteiger charge is 2.17. The Morgan fingerprint density at radius 1 is 1.16 bits per heavy atom. The van der Waals surface area contributed by atoms with Gasteiger partial charge in [-0.3, -0.25) is 0 Å². The minimum absolute atomic E-state index is 0.0309. The van der Waals surface area contributed by atoms with Crippen molar-refractivity contribution in [1.82, 2.24) is 4.90 Å². The van der Waals surface area contributed by atoms with Crippen molar-refractivity contribution < 1.29 is 14.4 Å². The first kappa shape index (κ1) is 17.9. The van der Waals surface area contributed by atoms with E-state index in [0.717, 1.165) is 51.5 Å². The summed E-state index contributed by atoms with van der Waals surface area (Å²) in [7, 11) is 0. The van der Waals surface area contributed by atoms with Gasteiger partial charge >= 0.3 is 6.03 Å². The Morgan fingerprint density at radius 2 is 1.96 bits per heavy atom. The lowest BCUT2D eigenvalue weighted by Crippen LogP contribution is -3.14. The van der Waals surface area contributed by atoms with Gasteiger partial charge in [-0.15, -0.1) is 11.3 Å². The minimum Gasteiger partial charge on any atom is -0.370 e. The number of anilines is 1. The number of nitrogens with zero attached hydrogens (tertiary/aromatic N) is 1. The lowest BCUT2D eigenvalue weighted by molar-refractivity contribution is -0.908.